The second-order valence-electron chi connectivity index (χ2n) is 4.90. The third kappa shape index (κ3) is 5.20. The van der Waals surface area contributed by atoms with Crippen LogP contribution in [0.5, 0.6) is 11.5 Å². The zero-order valence-corrected chi connectivity index (χ0v) is 13.1. The Bertz CT molecular complexity index is 572. The zero-order valence-electron chi connectivity index (χ0n) is 12.3. The van der Waals surface area contributed by atoms with Gasteiger partial charge in [0, 0.05) is 18.3 Å². The van der Waals surface area contributed by atoms with E-state index in [1.54, 1.807) is 0 Å². The highest BCUT2D eigenvalue weighted by molar-refractivity contribution is 6.32. The predicted molar refractivity (Wildman–Crippen MR) is 87.6 cm³/mol. The third-order valence-corrected chi connectivity index (χ3v) is 3.04. The summed E-state index contributed by atoms with van der Waals surface area (Å²) in [5.41, 5.74) is 1.01. The highest BCUT2D eigenvalue weighted by atomic mass is 35.5. The SMILES string of the molecule is CC(C)Oc1cccc(NCCOc2ccccc2Cl)c1. The van der Waals surface area contributed by atoms with Crippen molar-refractivity contribution in [3.05, 3.63) is 53.6 Å². The first-order valence-electron chi connectivity index (χ1n) is 7.03. The monoisotopic (exact) mass is 305 g/mol. The molecule has 0 heterocycles. The van der Waals surface area contributed by atoms with Gasteiger partial charge in [-0.15, -0.1) is 0 Å². The highest BCUT2D eigenvalue weighted by Crippen LogP contribution is 2.23. The van der Waals surface area contributed by atoms with E-state index in [0.29, 0.717) is 23.9 Å². The number of benzene rings is 2. The molecule has 2 rings (SSSR count). The van der Waals surface area contributed by atoms with Gasteiger partial charge in [0.1, 0.15) is 18.1 Å². The van der Waals surface area contributed by atoms with Gasteiger partial charge in [0.25, 0.3) is 0 Å². The maximum atomic E-state index is 6.03. The Labute approximate surface area is 130 Å². The van der Waals surface area contributed by atoms with E-state index in [4.69, 9.17) is 21.1 Å². The van der Waals surface area contributed by atoms with Gasteiger partial charge < -0.3 is 14.8 Å². The molecule has 0 amide bonds. The van der Waals surface area contributed by atoms with Crippen molar-refractivity contribution < 1.29 is 9.47 Å². The Kier molecular flexibility index (Phi) is 5.76. The highest BCUT2D eigenvalue weighted by Gasteiger charge is 2.01. The Morgan fingerprint density at radius 2 is 1.90 bits per heavy atom. The van der Waals surface area contributed by atoms with Crippen LogP contribution in [0.3, 0.4) is 0 Å². The number of para-hydroxylation sites is 1. The fourth-order valence-electron chi connectivity index (χ4n) is 1.87. The van der Waals surface area contributed by atoms with Gasteiger partial charge in [-0.2, -0.15) is 0 Å². The molecule has 1 N–H and O–H groups in total. The van der Waals surface area contributed by atoms with Crippen molar-refractivity contribution in [3.63, 3.8) is 0 Å². The first kappa shape index (κ1) is 15.5. The van der Waals surface area contributed by atoms with Crippen molar-refractivity contribution in [1.29, 1.82) is 0 Å². The van der Waals surface area contributed by atoms with Crippen LogP contribution in [0.4, 0.5) is 5.69 Å². The fraction of sp³-hybridized carbons (Fsp3) is 0.294. The smallest absolute Gasteiger partial charge is 0.137 e. The lowest BCUT2D eigenvalue weighted by Crippen LogP contribution is -2.12. The molecular formula is C17H20ClNO2. The van der Waals surface area contributed by atoms with E-state index in [2.05, 4.69) is 5.32 Å². The number of halogens is 1. The van der Waals surface area contributed by atoms with Crippen LogP contribution in [-0.2, 0) is 0 Å². The standard InChI is InChI=1S/C17H20ClNO2/c1-13(2)21-15-7-5-6-14(12-15)19-10-11-20-17-9-4-3-8-16(17)18/h3-9,12-13,19H,10-11H2,1-2H3. The van der Waals surface area contributed by atoms with Crippen molar-refractivity contribution in [2.24, 2.45) is 0 Å². The Morgan fingerprint density at radius 3 is 2.67 bits per heavy atom. The lowest BCUT2D eigenvalue weighted by atomic mass is 10.3. The molecular weight excluding hydrogens is 286 g/mol. The van der Waals surface area contributed by atoms with Gasteiger partial charge in [-0.3, -0.25) is 0 Å². The third-order valence-electron chi connectivity index (χ3n) is 2.73. The van der Waals surface area contributed by atoms with Crippen LogP contribution in [0, 0.1) is 0 Å². The number of hydrogen-bond acceptors (Lipinski definition) is 3. The van der Waals surface area contributed by atoms with E-state index in [1.165, 1.54) is 0 Å². The predicted octanol–water partition coefficient (Wildman–Crippen LogP) is 4.62. The van der Waals surface area contributed by atoms with E-state index in [-0.39, 0.29) is 6.10 Å². The second-order valence-corrected chi connectivity index (χ2v) is 5.31. The first-order valence-corrected chi connectivity index (χ1v) is 7.41. The second kappa shape index (κ2) is 7.79. The molecule has 112 valence electrons. The summed E-state index contributed by atoms with van der Waals surface area (Å²) in [7, 11) is 0. The van der Waals surface area contributed by atoms with E-state index in [1.807, 2.05) is 62.4 Å². The molecule has 0 unspecified atom stereocenters. The average molecular weight is 306 g/mol. The maximum Gasteiger partial charge on any atom is 0.137 e. The van der Waals surface area contributed by atoms with Crippen LogP contribution >= 0.6 is 11.6 Å². The van der Waals surface area contributed by atoms with Gasteiger partial charge in [0.05, 0.1) is 11.1 Å². The maximum absolute atomic E-state index is 6.03. The lowest BCUT2D eigenvalue weighted by Gasteiger charge is -2.12. The van der Waals surface area contributed by atoms with E-state index in [0.717, 1.165) is 11.4 Å². The van der Waals surface area contributed by atoms with Crippen LogP contribution in [0.1, 0.15) is 13.8 Å². The first-order chi connectivity index (χ1) is 10.1. The van der Waals surface area contributed by atoms with E-state index in [9.17, 15) is 0 Å². The normalized spacial score (nSPS) is 10.5. The molecule has 0 aliphatic carbocycles. The lowest BCUT2D eigenvalue weighted by molar-refractivity contribution is 0.242. The number of hydrogen-bond donors (Lipinski definition) is 1. The minimum atomic E-state index is 0.170. The molecule has 0 aliphatic rings. The van der Waals surface area contributed by atoms with Gasteiger partial charge in [0.15, 0.2) is 0 Å². The molecule has 3 nitrogen and oxygen atoms in total. The van der Waals surface area contributed by atoms with Crippen LogP contribution < -0.4 is 14.8 Å². The number of rotatable bonds is 7. The van der Waals surface area contributed by atoms with Gasteiger partial charge in [-0.05, 0) is 38.1 Å². The quantitative estimate of drug-likeness (QED) is 0.757. The van der Waals surface area contributed by atoms with E-state index >= 15 is 0 Å². The van der Waals surface area contributed by atoms with Crippen LogP contribution in [0.25, 0.3) is 0 Å². The average Bonchev–Trinajstić information content (AvgIpc) is 2.45. The van der Waals surface area contributed by atoms with Crippen molar-refractivity contribution in [3.8, 4) is 11.5 Å². The summed E-state index contributed by atoms with van der Waals surface area (Å²) in [5, 5.41) is 3.93. The summed E-state index contributed by atoms with van der Waals surface area (Å²) < 4.78 is 11.3. The molecule has 0 radical (unpaired) electrons. The fourth-order valence-corrected chi connectivity index (χ4v) is 2.06. The Hall–Kier alpha value is -1.87. The Morgan fingerprint density at radius 1 is 1.10 bits per heavy atom. The Balaban J connectivity index is 1.80. The minimum Gasteiger partial charge on any atom is -0.491 e. The summed E-state index contributed by atoms with van der Waals surface area (Å²) in [5.74, 6) is 1.57. The molecule has 2 aromatic rings. The largest absolute Gasteiger partial charge is 0.491 e. The van der Waals surface area contributed by atoms with Crippen LogP contribution in [-0.4, -0.2) is 19.3 Å². The van der Waals surface area contributed by atoms with Gasteiger partial charge in [-0.25, -0.2) is 0 Å². The molecule has 21 heavy (non-hydrogen) atoms. The number of anilines is 1. The van der Waals surface area contributed by atoms with Gasteiger partial charge >= 0.3 is 0 Å². The molecule has 2 aromatic carbocycles. The molecule has 4 heteroatoms. The molecule has 0 saturated heterocycles. The van der Waals surface area contributed by atoms with Crippen molar-refractivity contribution >= 4 is 17.3 Å². The number of nitrogens with one attached hydrogen (secondary N) is 1. The van der Waals surface area contributed by atoms with Crippen LogP contribution in [0.15, 0.2) is 48.5 Å². The summed E-state index contributed by atoms with van der Waals surface area (Å²) in [6.07, 6.45) is 0.170. The zero-order chi connectivity index (χ0) is 15.1. The molecule has 0 spiro atoms. The molecule has 0 fully saturated rings. The summed E-state index contributed by atoms with van der Waals surface area (Å²) >= 11 is 6.03. The van der Waals surface area contributed by atoms with Crippen molar-refractivity contribution in [2.45, 2.75) is 20.0 Å². The number of ether oxygens (including phenoxy) is 2. The summed E-state index contributed by atoms with van der Waals surface area (Å²) in [6.45, 7) is 5.25. The van der Waals surface area contributed by atoms with Gasteiger partial charge in [-0.1, -0.05) is 29.8 Å². The molecule has 0 atom stereocenters. The summed E-state index contributed by atoms with van der Waals surface area (Å²) in [4.78, 5) is 0. The topological polar surface area (TPSA) is 30.5 Å². The van der Waals surface area contributed by atoms with E-state index < -0.39 is 0 Å². The summed E-state index contributed by atoms with van der Waals surface area (Å²) in [6, 6.07) is 15.4. The molecule has 0 aromatic heterocycles. The van der Waals surface area contributed by atoms with Crippen molar-refractivity contribution in [1.82, 2.24) is 0 Å². The molecule has 0 aliphatic heterocycles. The van der Waals surface area contributed by atoms with Crippen molar-refractivity contribution in [2.75, 3.05) is 18.5 Å². The molecule has 0 saturated carbocycles. The minimum absolute atomic E-state index is 0.170. The van der Waals surface area contributed by atoms with Gasteiger partial charge in [0.2, 0.25) is 0 Å². The molecule has 0 bridgehead atoms. The van der Waals surface area contributed by atoms with Crippen LogP contribution in [0.2, 0.25) is 5.02 Å².